The first kappa shape index (κ1) is 12.5. The average molecular weight is 212 g/mol. The molecule has 3 nitrogen and oxygen atoms in total. The number of hydrogen-bond donors (Lipinski definition) is 1. The van der Waals surface area contributed by atoms with Gasteiger partial charge in [0, 0.05) is 6.04 Å². The van der Waals surface area contributed by atoms with Crippen molar-refractivity contribution < 1.29 is 4.79 Å². The molecule has 0 radical (unpaired) electrons. The Balaban J connectivity index is 2.71. The SMILES string of the molecule is CCCC(C)N1C(=O)C(CC)NC1CC. The Morgan fingerprint density at radius 3 is 2.47 bits per heavy atom. The summed E-state index contributed by atoms with van der Waals surface area (Å²) in [5.74, 6) is 0.297. The van der Waals surface area contributed by atoms with Gasteiger partial charge in [-0.05, 0) is 26.2 Å². The third kappa shape index (κ3) is 2.51. The molecule has 3 heteroatoms. The lowest BCUT2D eigenvalue weighted by atomic mass is 10.1. The van der Waals surface area contributed by atoms with Gasteiger partial charge in [0.2, 0.25) is 5.91 Å². The normalized spacial score (nSPS) is 28.5. The van der Waals surface area contributed by atoms with Crippen LogP contribution in [0.3, 0.4) is 0 Å². The Kier molecular flexibility index (Phi) is 4.58. The maximum absolute atomic E-state index is 12.1. The van der Waals surface area contributed by atoms with Crippen molar-refractivity contribution in [3.05, 3.63) is 0 Å². The fourth-order valence-electron chi connectivity index (χ4n) is 2.41. The van der Waals surface area contributed by atoms with Crippen LogP contribution in [0.5, 0.6) is 0 Å². The second-order valence-electron chi connectivity index (χ2n) is 4.43. The molecule has 1 heterocycles. The summed E-state index contributed by atoms with van der Waals surface area (Å²) < 4.78 is 0. The molecule has 0 aliphatic carbocycles. The van der Waals surface area contributed by atoms with Crippen LogP contribution in [0.25, 0.3) is 0 Å². The number of amides is 1. The maximum Gasteiger partial charge on any atom is 0.241 e. The minimum atomic E-state index is 0.0502. The highest BCUT2D eigenvalue weighted by molar-refractivity contribution is 5.84. The Morgan fingerprint density at radius 1 is 1.33 bits per heavy atom. The van der Waals surface area contributed by atoms with Crippen molar-refractivity contribution in [3.8, 4) is 0 Å². The number of nitrogens with one attached hydrogen (secondary N) is 1. The van der Waals surface area contributed by atoms with Gasteiger partial charge in [0.1, 0.15) is 0 Å². The van der Waals surface area contributed by atoms with E-state index in [1.54, 1.807) is 0 Å². The van der Waals surface area contributed by atoms with E-state index in [0.717, 1.165) is 25.7 Å². The van der Waals surface area contributed by atoms with Gasteiger partial charge < -0.3 is 4.90 Å². The van der Waals surface area contributed by atoms with Crippen molar-refractivity contribution in [2.45, 2.75) is 71.6 Å². The van der Waals surface area contributed by atoms with Gasteiger partial charge in [0.25, 0.3) is 0 Å². The molecule has 0 bridgehead atoms. The topological polar surface area (TPSA) is 32.3 Å². The molecule has 1 N–H and O–H groups in total. The van der Waals surface area contributed by atoms with Crippen LogP contribution in [-0.2, 0) is 4.79 Å². The number of rotatable bonds is 5. The van der Waals surface area contributed by atoms with Crippen LogP contribution < -0.4 is 5.32 Å². The molecule has 0 spiro atoms. The van der Waals surface area contributed by atoms with E-state index < -0.39 is 0 Å². The Labute approximate surface area is 93.2 Å². The largest absolute Gasteiger partial charge is 0.323 e. The third-order valence-corrected chi connectivity index (χ3v) is 3.26. The predicted octanol–water partition coefficient (Wildman–Crippen LogP) is 2.12. The van der Waals surface area contributed by atoms with Crippen LogP contribution >= 0.6 is 0 Å². The number of nitrogens with zero attached hydrogens (tertiary/aromatic N) is 1. The molecule has 1 rings (SSSR count). The fraction of sp³-hybridized carbons (Fsp3) is 0.917. The summed E-state index contributed by atoms with van der Waals surface area (Å²) >= 11 is 0. The van der Waals surface area contributed by atoms with E-state index in [2.05, 4.69) is 37.9 Å². The lowest BCUT2D eigenvalue weighted by molar-refractivity contribution is -0.132. The van der Waals surface area contributed by atoms with Crippen molar-refractivity contribution in [2.75, 3.05) is 0 Å². The molecule has 3 atom stereocenters. The first-order valence-electron chi connectivity index (χ1n) is 6.23. The Hall–Kier alpha value is -0.570. The lowest BCUT2D eigenvalue weighted by Gasteiger charge is -2.29. The predicted molar refractivity (Wildman–Crippen MR) is 62.5 cm³/mol. The summed E-state index contributed by atoms with van der Waals surface area (Å²) in [5.41, 5.74) is 0. The molecule has 15 heavy (non-hydrogen) atoms. The quantitative estimate of drug-likeness (QED) is 0.757. The van der Waals surface area contributed by atoms with E-state index in [4.69, 9.17) is 0 Å². The van der Waals surface area contributed by atoms with Crippen LogP contribution in [0, 0.1) is 0 Å². The highest BCUT2D eigenvalue weighted by Crippen LogP contribution is 2.20. The zero-order chi connectivity index (χ0) is 11.4. The zero-order valence-electron chi connectivity index (χ0n) is 10.4. The van der Waals surface area contributed by atoms with Crippen LogP contribution in [0.15, 0.2) is 0 Å². The van der Waals surface area contributed by atoms with E-state index in [0.29, 0.717) is 11.9 Å². The standard InChI is InChI=1S/C12H24N2O/c1-5-8-9(4)14-11(7-3)13-10(6-2)12(14)15/h9-11,13H,5-8H2,1-4H3. The van der Waals surface area contributed by atoms with Gasteiger partial charge in [-0.2, -0.15) is 0 Å². The van der Waals surface area contributed by atoms with Crippen molar-refractivity contribution in [1.82, 2.24) is 10.2 Å². The summed E-state index contributed by atoms with van der Waals surface area (Å²) in [6.07, 6.45) is 4.38. The molecule has 1 aliphatic rings. The van der Waals surface area contributed by atoms with Gasteiger partial charge in [-0.25, -0.2) is 0 Å². The molecule has 88 valence electrons. The van der Waals surface area contributed by atoms with Crippen molar-refractivity contribution >= 4 is 5.91 Å². The molecule has 1 aliphatic heterocycles. The van der Waals surface area contributed by atoms with Gasteiger partial charge >= 0.3 is 0 Å². The van der Waals surface area contributed by atoms with Gasteiger partial charge in [0.15, 0.2) is 0 Å². The molecule has 1 amide bonds. The minimum absolute atomic E-state index is 0.0502. The second kappa shape index (κ2) is 5.50. The number of hydrogen-bond acceptors (Lipinski definition) is 2. The Morgan fingerprint density at radius 2 is 2.00 bits per heavy atom. The summed E-state index contributed by atoms with van der Waals surface area (Å²) in [6.45, 7) is 8.53. The molecule has 0 aromatic rings. The molecule has 0 aromatic heterocycles. The van der Waals surface area contributed by atoms with E-state index in [9.17, 15) is 4.79 Å². The van der Waals surface area contributed by atoms with Crippen LogP contribution in [0.2, 0.25) is 0 Å². The van der Waals surface area contributed by atoms with Crippen LogP contribution in [0.1, 0.15) is 53.4 Å². The molecular weight excluding hydrogens is 188 g/mol. The van der Waals surface area contributed by atoms with Gasteiger partial charge in [-0.1, -0.05) is 27.2 Å². The van der Waals surface area contributed by atoms with Gasteiger partial charge in [0.05, 0.1) is 12.2 Å². The maximum atomic E-state index is 12.1. The van der Waals surface area contributed by atoms with Crippen LogP contribution in [-0.4, -0.2) is 29.1 Å². The first-order chi connectivity index (χ1) is 7.15. The molecule has 0 aromatic carbocycles. The van der Waals surface area contributed by atoms with Crippen LogP contribution in [0.4, 0.5) is 0 Å². The number of carbonyl (C=O) groups is 1. The lowest BCUT2D eigenvalue weighted by Crippen LogP contribution is -2.42. The highest BCUT2D eigenvalue weighted by atomic mass is 16.2. The summed E-state index contributed by atoms with van der Waals surface area (Å²) in [6, 6.07) is 0.422. The summed E-state index contributed by atoms with van der Waals surface area (Å²) in [4.78, 5) is 14.1. The summed E-state index contributed by atoms with van der Waals surface area (Å²) in [5, 5.41) is 3.41. The molecule has 1 fully saturated rings. The van der Waals surface area contributed by atoms with E-state index >= 15 is 0 Å². The molecular formula is C12H24N2O. The molecule has 0 saturated carbocycles. The monoisotopic (exact) mass is 212 g/mol. The highest BCUT2D eigenvalue weighted by Gasteiger charge is 2.38. The van der Waals surface area contributed by atoms with Gasteiger partial charge in [-0.15, -0.1) is 0 Å². The average Bonchev–Trinajstić information content (AvgIpc) is 2.55. The fourth-order valence-corrected chi connectivity index (χ4v) is 2.41. The van der Waals surface area contributed by atoms with Crippen molar-refractivity contribution in [1.29, 1.82) is 0 Å². The minimum Gasteiger partial charge on any atom is -0.323 e. The zero-order valence-corrected chi connectivity index (χ0v) is 10.4. The van der Waals surface area contributed by atoms with E-state index in [-0.39, 0.29) is 12.2 Å². The smallest absolute Gasteiger partial charge is 0.241 e. The molecule has 1 saturated heterocycles. The number of carbonyl (C=O) groups excluding carboxylic acids is 1. The summed E-state index contributed by atoms with van der Waals surface area (Å²) in [7, 11) is 0. The second-order valence-corrected chi connectivity index (χ2v) is 4.43. The van der Waals surface area contributed by atoms with Gasteiger partial charge in [-0.3, -0.25) is 10.1 Å². The Bertz CT molecular complexity index is 218. The van der Waals surface area contributed by atoms with Crippen molar-refractivity contribution in [2.24, 2.45) is 0 Å². The van der Waals surface area contributed by atoms with E-state index in [1.165, 1.54) is 0 Å². The molecule has 3 unspecified atom stereocenters. The van der Waals surface area contributed by atoms with E-state index in [1.807, 2.05) is 0 Å². The van der Waals surface area contributed by atoms with Crippen molar-refractivity contribution in [3.63, 3.8) is 0 Å². The third-order valence-electron chi connectivity index (χ3n) is 3.26. The first-order valence-corrected chi connectivity index (χ1v) is 6.23.